The minimum absolute atomic E-state index is 0.0999. The van der Waals surface area contributed by atoms with E-state index in [2.05, 4.69) is 29.0 Å². The lowest BCUT2D eigenvalue weighted by molar-refractivity contribution is -0.385. The van der Waals surface area contributed by atoms with Crippen molar-refractivity contribution in [2.75, 3.05) is 12.4 Å². The van der Waals surface area contributed by atoms with E-state index in [9.17, 15) is 14.9 Å². The minimum atomic E-state index is -0.754. The number of methoxy groups -OCH3 is 1. The lowest BCUT2D eigenvalue weighted by atomic mass is 10.1. The van der Waals surface area contributed by atoms with Gasteiger partial charge in [0.05, 0.1) is 23.9 Å². The maximum absolute atomic E-state index is 11.7. The molecule has 1 N–H and O–H groups in total. The average Bonchev–Trinajstić information content (AvgIpc) is 2.92. The number of ether oxygens (including phenoxy) is 1. The fourth-order valence-electron chi connectivity index (χ4n) is 2.12. The summed E-state index contributed by atoms with van der Waals surface area (Å²) < 4.78 is 6.40. The van der Waals surface area contributed by atoms with E-state index in [0.717, 1.165) is 12.2 Å². The van der Waals surface area contributed by atoms with Crippen LogP contribution in [0, 0.1) is 16.0 Å². The van der Waals surface area contributed by atoms with Gasteiger partial charge in [0.1, 0.15) is 5.56 Å². The van der Waals surface area contributed by atoms with Gasteiger partial charge in [-0.25, -0.2) is 4.79 Å². The van der Waals surface area contributed by atoms with Crippen LogP contribution < -0.4 is 5.32 Å². The third-order valence-electron chi connectivity index (χ3n) is 3.07. The van der Waals surface area contributed by atoms with Crippen molar-refractivity contribution in [3.05, 3.63) is 46.3 Å². The second-order valence-electron chi connectivity index (χ2n) is 5.45. The largest absolute Gasteiger partial charge is 0.465 e. The number of anilines is 2. The first-order chi connectivity index (χ1) is 10.9. The Morgan fingerprint density at radius 2 is 2.17 bits per heavy atom. The van der Waals surface area contributed by atoms with Crippen molar-refractivity contribution in [1.29, 1.82) is 0 Å². The number of nitro benzene ring substituents is 1. The Morgan fingerprint density at radius 3 is 2.78 bits per heavy atom. The molecule has 2 rings (SSSR count). The second-order valence-corrected chi connectivity index (χ2v) is 5.45. The zero-order valence-corrected chi connectivity index (χ0v) is 13.1. The lowest BCUT2D eigenvalue weighted by Crippen LogP contribution is -2.06. The highest BCUT2D eigenvalue weighted by atomic mass is 16.6. The summed E-state index contributed by atoms with van der Waals surface area (Å²) in [6, 6.07) is 4.20. The van der Waals surface area contributed by atoms with Crippen LogP contribution in [0.4, 0.5) is 17.1 Å². The number of hydrogen-bond acceptors (Lipinski definition) is 6. The molecule has 0 aliphatic rings. The molecule has 1 heterocycles. The quantitative estimate of drug-likeness (QED) is 0.499. The Bertz CT molecular complexity index is 724. The zero-order valence-electron chi connectivity index (χ0n) is 13.1. The number of nitrogens with zero attached hydrogens (tertiary/aromatic N) is 3. The van der Waals surface area contributed by atoms with Crippen LogP contribution in [0.15, 0.2) is 30.6 Å². The van der Waals surface area contributed by atoms with Crippen LogP contribution in [-0.2, 0) is 11.3 Å². The number of carbonyl (C=O) groups excluding carboxylic acids is 1. The highest BCUT2D eigenvalue weighted by Crippen LogP contribution is 2.25. The first-order valence-electron chi connectivity index (χ1n) is 7.07. The normalized spacial score (nSPS) is 10.6. The van der Waals surface area contributed by atoms with Crippen LogP contribution in [0.5, 0.6) is 0 Å². The number of esters is 1. The number of nitro groups is 1. The molecule has 122 valence electrons. The van der Waals surface area contributed by atoms with Crippen molar-refractivity contribution in [1.82, 2.24) is 9.78 Å². The van der Waals surface area contributed by atoms with Gasteiger partial charge in [-0.15, -0.1) is 0 Å². The summed E-state index contributed by atoms with van der Waals surface area (Å²) in [5.74, 6) is -0.288. The molecule has 0 aliphatic heterocycles. The summed E-state index contributed by atoms with van der Waals surface area (Å²) in [5, 5.41) is 18.3. The summed E-state index contributed by atoms with van der Waals surface area (Å²) in [6.45, 7) is 4.97. The van der Waals surface area contributed by atoms with Crippen LogP contribution in [0.1, 0.15) is 24.2 Å². The molecular formula is C15H18N4O4. The van der Waals surface area contributed by atoms with Gasteiger partial charge in [0.25, 0.3) is 5.69 Å². The molecule has 8 heteroatoms. The van der Waals surface area contributed by atoms with Gasteiger partial charge in [-0.3, -0.25) is 14.8 Å². The van der Waals surface area contributed by atoms with Crippen molar-refractivity contribution in [3.63, 3.8) is 0 Å². The van der Waals surface area contributed by atoms with E-state index in [1.807, 2.05) is 6.20 Å². The maximum Gasteiger partial charge on any atom is 0.344 e. The van der Waals surface area contributed by atoms with Crippen LogP contribution in [0.25, 0.3) is 0 Å². The van der Waals surface area contributed by atoms with Crippen molar-refractivity contribution in [2.45, 2.75) is 20.4 Å². The number of nitrogens with one attached hydrogen (secondary N) is 1. The summed E-state index contributed by atoms with van der Waals surface area (Å²) in [5.41, 5.74) is 0.880. The van der Waals surface area contributed by atoms with E-state index in [1.54, 1.807) is 10.9 Å². The van der Waals surface area contributed by atoms with Crippen molar-refractivity contribution in [2.24, 2.45) is 5.92 Å². The summed E-state index contributed by atoms with van der Waals surface area (Å²) in [6.07, 6.45) is 3.49. The number of rotatable bonds is 6. The molecule has 0 aliphatic carbocycles. The molecule has 0 atom stereocenters. The van der Waals surface area contributed by atoms with Gasteiger partial charge in [0.2, 0.25) is 0 Å². The Balaban J connectivity index is 2.25. The summed E-state index contributed by atoms with van der Waals surface area (Å²) >= 11 is 0. The molecule has 2 aromatic rings. The second kappa shape index (κ2) is 6.91. The Labute approximate surface area is 133 Å². The molecule has 0 spiro atoms. The van der Waals surface area contributed by atoms with Gasteiger partial charge in [0.15, 0.2) is 0 Å². The third-order valence-corrected chi connectivity index (χ3v) is 3.07. The van der Waals surface area contributed by atoms with Gasteiger partial charge < -0.3 is 10.1 Å². The number of hydrogen-bond donors (Lipinski definition) is 1. The first kappa shape index (κ1) is 16.5. The SMILES string of the molecule is COC(=O)c1cc(Nc2cnn(CC(C)C)c2)ccc1[N+](=O)[O-]. The third kappa shape index (κ3) is 4.06. The molecule has 0 fully saturated rings. The van der Waals surface area contributed by atoms with Crippen molar-refractivity contribution < 1.29 is 14.5 Å². The predicted octanol–water partition coefficient (Wildman–Crippen LogP) is 2.98. The topological polar surface area (TPSA) is 99.3 Å². The van der Waals surface area contributed by atoms with E-state index in [4.69, 9.17) is 0 Å². The molecule has 0 bridgehead atoms. The van der Waals surface area contributed by atoms with Crippen LogP contribution >= 0.6 is 0 Å². The van der Waals surface area contributed by atoms with Gasteiger partial charge in [-0.05, 0) is 18.1 Å². The van der Waals surface area contributed by atoms with E-state index in [1.165, 1.54) is 25.3 Å². The molecule has 23 heavy (non-hydrogen) atoms. The van der Waals surface area contributed by atoms with Gasteiger partial charge >= 0.3 is 5.97 Å². The number of aromatic nitrogens is 2. The standard InChI is InChI=1S/C15H18N4O4/c1-10(2)8-18-9-12(7-16-18)17-11-4-5-14(19(21)22)13(6-11)15(20)23-3/h4-7,9-10,17H,8H2,1-3H3. The molecule has 0 amide bonds. The highest BCUT2D eigenvalue weighted by molar-refractivity contribution is 5.95. The Morgan fingerprint density at radius 1 is 1.43 bits per heavy atom. The van der Waals surface area contributed by atoms with Crippen molar-refractivity contribution >= 4 is 23.0 Å². The molecule has 8 nitrogen and oxygen atoms in total. The van der Waals surface area contributed by atoms with Gasteiger partial charge in [0, 0.05) is 24.5 Å². The fraction of sp³-hybridized carbons (Fsp3) is 0.333. The Kier molecular flexibility index (Phi) is 4.95. The molecule has 0 saturated carbocycles. The molecule has 1 aromatic heterocycles. The predicted molar refractivity (Wildman–Crippen MR) is 84.8 cm³/mol. The van der Waals surface area contributed by atoms with Crippen molar-refractivity contribution in [3.8, 4) is 0 Å². The maximum atomic E-state index is 11.7. The van der Waals surface area contributed by atoms with E-state index in [0.29, 0.717) is 11.6 Å². The monoisotopic (exact) mass is 318 g/mol. The smallest absolute Gasteiger partial charge is 0.344 e. The lowest BCUT2D eigenvalue weighted by Gasteiger charge is -2.07. The van der Waals surface area contributed by atoms with Crippen LogP contribution in [-0.4, -0.2) is 27.8 Å². The van der Waals surface area contributed by atoms with Gasteiger partial charge in [-0.1, -0.05) is 13.8 Å². The summed E-state index contributed by atoms with van der Waals surface area (Å²) in [4.78, 5) is 22.1. The molecule has 0 unspecified atom stereocenters. The summed E-state index contributed by atoms with van der Waals surface area (Å²) in [7, 11) is 1.18. The van der Waals surface area contributed by atoms with Gasteiger partial charge in [-0.2, -0.15) is 5.10 Å². The first-order valence-corrected chi connectivity index (χ1v) is 7.07. The fourth-order valence-corrected chi connectivity index (χ4v) is 2.12. The zero-order chi connectivity index (χ0) is 17.0. The van der Waals surface area contributed by atoms with E-state index < -0.39 is 10.9 Å². The van der Waals surface area contributed by atoms with Crippen LogP contribution in [0.2, 0.25) is 0 Å². The number of carbonyl (C=O) groups is 1. The Hall–Kier alpha value is -2.90. The number of benzene rings is 1. The molecule has 0 saturated heterocycles. The highest BCUT2D eigenvalue weighted by Gasteiger charge is 2.21. The molecular weight excluding hydrogens is 300 g/mol. The molecule has 0 radical (unpaired) electrons. The minimum Gasteiger partial charge on any atom is -0.465 e. The van der Waals surface area contributed by atoms with E-state index >= 15 is 0 Å². The van der Waals surface area contributed by atoms with E-state index in [-0.39, 0.29) is 11.3 Å². The molecule has 1 aromatic carbocycles. The average molecular weight is 318 g/mol. The van der Waals surface area contributed by atoms with Crippen LogP contribution in [0.3, 0.4) is 0 Å².